The average Bonchev–Trinajstić information content (AvgIpc) is 3.35. The van der Waals surface area contributed by atoms with Gasteiger partial charge >= 0.3 is 12.2 Å². The zero-order valence-electron chi connectivity index (χ0n) is 21.3. The SMILES string of the molecule is Cc1ccc(NC(=O)N2CC[C@@H](CC(F)(F)F)C2)cc1-c1cc(NC(CO)CO)nc(N2CCOCC2)c1. The number of pyridine rings is 1. The van der Waals surface area contributed by atoms with Gasteiger partial charge in [-0.3, -0.25) is 0 Å². The highest BCUT2D eigenvalue weighted by Crippen LogP contribution is 2.33. The molecular formula is C26H34F3N5O4. The van der Waals surface area contributed by atoms with E-state index in [1.807, 2.05) is 31.2 Å². The third-order valence-electron chi connectivity index (χ3n) is 6.83. The van der Waals surface area contributed by atoms with Crippen molar-refractivity contribution in [1.29, 1.82) is 0 Å². The van der Waals surface area contributed by atoms with Gasteiger partial charge in [-0.2, -0.15) is 13.2 Å². The van der Waals surface area contributed by atoms with E-state index in [2.05, 4.69) is 20.5 Å². The fourth-order valence-electron chi connectivity index (χ4n) is 4.78. The summed E-state index contributed by atoms with van der Waals surface area (Å²) in [5.41, 5.74) is 3.13. The topological polar surface area (TPSA) is 110 Å². The molecule has 0 spiro atoms. The Kier molecular flexibility index (Phi) is 8.95. The second-order valence-electron chi connectivity index (χ2n) is 9.78. The van der Waals surface area contributed by atoms with E-state index in [1.54, 1.807) is 6.07 Å². The highest BCUT2D eigenvalue weighted by Gasteiger charge is 2.36. The first kappa shape index (κ1) is 27.9. The minimum atomic E-state index is -4.24. The summed E-state index contributed by atoms with van der Waals surface area (Å²) in [5, 5.41) is 25.0. The van der Waals surface area contributed by atoms with E-state index in [-0.39, 0.29) is 26.3 Å². The summed E-state index contributed by atoms with van der Waals surface area (Å²) in [6.07, 6.45) is -4.80. The number of benzene rings is 1. The Balaban J connectivity index is 1.56. The van der Waals surface area contributed by atoms with Crippen molar-refractivity contribution in [3.8, 4) is 11.1 Å². The number of aryl methyl sites for hydroxylation is 1. The van der Waals surface area contributed by atoms with Gasteiger partial charge in [0, 0.05) is 38.3 Å². The van der Waals surface area contributed by atoms with E-state index >= 15 is 0 Å². The number of aliphatic hydroxyl groups is 2. The molecule has 2 aliphatic heterocycles. The maximum Gasteiger partial charge on any atom is 0.389 e. The molecule has 1 aromatic heterocycles. The normalized spacial score (nSPS) is 18.2. The number of nitrogens with zero attached hydrogens (tertiary/aromatic N) is 3. The van der Waals surface area contributed by atoms with Crippen LogP contribution in [0.3, 0.4) is 0 Å². The minimum absolute atomic E-state index is 0.0727. The predicted octanol–water partition coefficient (Wildman–Crippen LogP) is 3.46. The number of ether oxygens (including phenoxy) is 1. The summed E-state index contributed by atoms with van der Waals surface area (Å²) >= 11 is 0. The van der Waals surface area contributed by atoms with Gasteiger partial charge in [0.15, 0.2) is 0 Å². The standard InChI is InChI=1S/C26H34F3N5O4/c1-17-2-3-20(31-25(37)34-5-4-18(14-34)13-26(27,28)29)12-22(17)19-10-23(30-21(15-35)16-36)32-24(11-19)33-6-8-38-9-7-33/h2-3,10-12,18,21,35-36H,4-9,13-16H2,1H3,(H,30,32)(H,31,37)/t18-/m0/s1. The zero-order valence-corrected chi connectivity index (χ0v) is 21.3. The van der Waals surface area contributed by atoms with Gasteiger partial charge in [-0.25, -0.2) is 9.78 Å². The number of carbonyl (C=O) groups is 1. The van der Waals surface area contributed by atoms with E-state index in [9.17, 15) is 28.2 Å². The lowest BCUT2D eigenvalue weighted by Gasteiger charge is -2.29. The Bertz CT molecular complexity index is 1110. The maximum absolute atomic E-state index is 12.8. The van der Waals surface area contributed by atoms with Gasteiger partial charge in [-0.15, -0.1) is 0 Å². The molecule has 1 aromatic carbocycles. The van der Waals surface area contributed by atoms with Crippen LogP contribution in [0, 0.1) is 12.8 Å². The molecule has 1 atom stereocenters. The first-order valence-corrected chi connectivity index (χ1v) is 12.7. The Labute approximate surface area is 219 Å². The second kappa shape index (κ2) is 12.2. The molecule has 0 unspecified atom stereocenters. The average molecular weight is 538 g/mol. The Morgan fingerprint density at radius 3 is 2.58 bits per heavy atom. The first-order valence-electron chi connectivity index (χ1n) is 12.7. The Morgan fingerprint density at radius 1 is 1.16 bits per heavy atom. The van der Waals surface area contributed by atoms with Crippen molar-refractivity contribution in [3.63, 3.8) is 0 Å². The maximum atomic E-state index is 12.8. The van der Waals surface area contributed by atoms with Crippen LogP contribution in [0.15, 0.2) is 30.3 Å². The molecule has 2 fully saturated rings. The molecule has 2 aliphatic rings. The smallest absolute Gasteiger partial charge is 0.389 e. The summed E-state index contributed by atoms with van der Waals surface area (Å²) in [4.78, 5) is 21.0. The van der Waals surface area contributed by atoms with Gasteiger partial charge in [0.25, 0.3) is 0 Å². The van der Waals surface area contributed by atoms with E-state index in [1.165, 1.54) is 4.90 Å². The number of alkyl halides is 3. The lowest BCUT2D eigenvalue weighted by molar-refractivity contribution is -0.143. The van der Waals surface area contributed by atoms with Gasteiger partial charge < -0.3 is 35.4 Å². The van der Waals surface area contributed by atoms with Gasteiger partial charge in [0.1, 0.15) is 11.6 Å². The van der Waals surface area contributed by atoms with Crippen LogP contribution in [0.1, 0.15) is 18.4 Å². The zero-order chi connectivity index (χ0) is 27.3. The van der Waals surface area contributed by atoms with Gasteiger partial charge in [0.2, 0.25) is 0 Å². The molecular weight excluding hydrogens is 503 g/mol. The minimum Gasteiger partial charge on any atom is -0.394 e. The van der Waals surface area contributed by atoms with Crippen molar-refractivity contribution >= 4 is 23.4 Å². The number of aromatic nitrogens is 1. The van der Waals surface area contributed by atoms with Crippen molar-refractivity contribution in [2.75, 3.05) is 68.1 Å². The van der Waals surface area contributed by atoms with Crippen LogP contribution >= 0.6 is 0 Å². The number of hydrogen-bond donors (Lipinski definition) is 4. The van der Waals surface area contributed by atoms with Crippen molar-refractivity contribution in [1.82, 2.24) is 9.88 Å². The summed E-state index contributed by atoms with van der Waals surface area (Å²) in [5.74, 6) is 0.612. The number of aliphatic hydroxyl groups excluding tert-OH is 2. The quantitative estimate of drug-likeness (QED) is 0.408. The van der Waals surface area contributed by atoms with Crippen molar-refractivity contribution in [3.05, 3.63) is 35.9 Å². The highest BCUT2D eigenvalue weighted by atomic mass is 19.4. The number of halogens is 3. The summed E-state index contributed by atoms with van der Waals surface area (Å²) < 4.78 is 43.7. The predicted molar refractivity (Wildman–Crippen MR) is 138 cm³/mol. The molecule has 2 amide bonds. The molecule has 0 saturated carbocycles. The molecule has 9 nitrogen and oxygen atoms in total. The number of carbonyl (C=O) groups excluding carboxylic acids is 1. The number of likely N-dealkylation sites (tertiary alicyclic amines) is 1. The molecule has 4 N–H and O–H groups in total. The summed E-state index contributed by atoms with van der Waals surface area (Å²) in [6, 6.07) is 8.21. The molecule has 2 saturated heterocycles. The lowest BCUT2D eigenvalue weighted by atomic mass is 10.00. The monoisotopic (exact) mass is 537 g/mol. The number of anilines is 3. The number of urea groups is 1. The van der Waals surface area contributed by atoms with Crippen LogP contribution in [-0.2, 0) is 4.74 Å². The lowest BCUT2D eigenvalue weighted by Crippen LogP contribution is -2.37. The number of rotatable bonds is 8. The van der Waals surface area contributed by atoms with Crippen LogP contribution in [0.2, 0.25) is 0 Å². The molecule has 12 heteroatoms. The summed E-state index contributed by atoms with van der Waals surface area (Å²) in [6.45, 7) is 4.24. The molecule has 0 aliphatic carbocycles. The largest absolute Gasteiger partial charge is 0.394 e. The molecule has 3 heterocycles. The van der Waals surface area contributed by atoms with Crippen LogP contribution in [0.25, 0.3) is 11.1 Å². The molecule has 0 bridgehead atoms. The second-order valence-corrected chi connectivity index (χ2v) is 9.78. The van der Waals surface area contributed by atoms with Crippen LogP contribution in [0.4, 0.5) is 35.3 Å². The van der Waals surface area contributed by atoms with Gasteiger partial charge in [-0.1, -0.05) is 6.07 Å². The Morgan fingerprint density at radius 2 is 1.89 bits per heavy atom. The number of morpholine rings is 1. The molecule has 4 rings (SSSR count). The number of hydrogen-bond acceptors (Lipinski definition) is 7. The fourth-order valence-corrected chi connectivity index (χ4v) is 4.78. The Hall–Kier alpha value is -3.09. The molecule has 0 radical (unpaired) electrons. The fraction of sp³-hybridized carbons (Fsp3) is 0.538. The third-order valence-corrected chi connectivity index (χ3v) is 6.83. The third kappa shape index (κ3) is 7.27. The van der Waals surface area contributed by atoms with Crippen molar-refractivity contribution in [2.24, 2.45) is 5.92 Å². The molecule has 2 aromatic rings. The van der Waals surface area contributed by atoms with E-state index in [0.29, 0.717) is 50.0 Å². The molecule has 208 valence electrons. The summed E-state index contributed by atoms with van der Waals surface area (Å²) in [7, 11) is 0. The van der Waals surface area contributed by atoms with Gasteiger partial charge in [-0.05, 0) is 60.2 Å². The van der Waals surface area contributed by atoms with Crippen molar-refractivity contribution in [2.45, 2.75) is 32.0 Å². The van der Waals surface area contributed by atoms with Crippen LogP contribution < -0.4 is 15.5 Å². The van der Waals surface area contributed by atoms with Gasteiger partial charge in [0.05, 0.1) is 32.5 Å². The number of nitrogens with one attached hydrogen (secondary N) is 2. The van der Waals surface area contributed by atoms with E-state index in [0.717, 1.165) is 16.7 Å². The first-order chi connectivity index (χ1) is 18.1. The van der Waals surface area contributed by atoms with Crippen LogP contribution in [-0.4, -0.2) is 91.0 Å². The molecule has 38 heavy (non-hydrogen) atoms. The van der Waals surface area contributed by atoms with Crippen LogP contribution in [0.5, 0.6) is 0 Å². The van der Waals surface area contributed by atoms with E-state index in [4.69, 9.17) is 4.74 Å². The highest BCUT2D eigenvalue weighted by molar-refractivity contribution is 5.91. The van der Waals surface area contributed by atoms with E-state index < -0.39 is 30.6 Å². The van der Waals surface area contributed by atoms with Crippen molar-refractivity contribution < 1.29 is 32.9 Å². The number of amides is 2.